The van der Waals surface area contributed by atoms with Crippen LogP contribution in [-0.2, 0) is 22.5 Å². The van der Waals surface area contributed by atoms with Crippen molar-refractivity contribution >= 4 is 11.8 Å². The van der Waals surface area contributed by atoms with Crippen LogP contribution >= 0.6 is 0 Å². The molecule has 2 bridgehead atoms. The van der Waals surface area contributed by atoms with Crippen LogP contribution in [0.1, 0.15) is 35.9 Å². The van der Waals surface area contributed by atoms with Crippen LogP contribution in [0, 0.1) is 0 Å². The van der Waals surface area contributed by atoms with E-state index in [1.807, 2.05) is 42.2 Å². The Morgan fingerprint density at radius 3 is 2.68 bits per heavy atom. The number of fused-ring (bicyclic) bond motifs is 3. The molecule has 2 amide bonds. The number of benzene rings is 1. The van der Waals surface area contributed by atoms with Gasteiger partial charge in [0.25, 0.3) is 5.91 Å². The molecule has 4 rings (SSSR count). The van der Waals surface area contributed by atoms with Crippen LogP contribution in [0.5, 0.6) is 0 Å². The van der Waals surface area contributed by atoms with Crippen molar-refractivity contribution in [2.45, 2.75) is 44.8 Å². The number of hydrogen-bond donors (Lipinski definition) is 1. The zero-order valence-electron chi connectivity index (χ0n) is 16.4. The molecule has 0 saturated carbocycles. The molecule has 148 valence electrons. The van der Waals surface area contributed by atoms with Crippen LogP contribution in [0.2, 0.25) is 0 Å². The van der Waals surface area contributed by atoms with Crippen LogP contribution in [0.4, 0.5) is 0 Å². The summed E-state index contributed by atoms with van der Waals surface area (Å²) in [7, 11) is 1.62. The summed E-state index contributed by atoms with van der Waals surface area (Å²) in [6.45, 7) is 3.18. The summed E-state index contributed by atoms with van der Waals surface area (Å²) >= 11 is 0. The fourth-order valence-electron chi connectivity index (χ4n) is 4.44. The predicted molar refractivity (Wildman–Crippen MR) is 105 cm³/mol. The second-order valence-corrected chi connectivity index (χ2v) is 7.31. The Kier molecular flexibility index (Phi) is 5.17. The number of imidazole rings is 1. The molecule has 0 unspecified atom stereocenters. The minimum Gasteiger partial charge on any atom is -0.372 e. The highest BCUT2D eigenvalue weighted by molar-refractivity contribution is 5.94. The van der Waals surface area contributed by atoms with E-state index in [4.69, 9.17) is 9.72 Å². The topological polar surface area (TPSA) is 76.5 Å². The van der Waals surface area contributed by atoms with Crippen molar-refractivity contribution in [3.63, 3.8) is 0 Å². The Hall–Kier alpha value is -2.67. The molecule has 1 aromatic carbocycles. The number of carbonyl (C=O) groups excluding carboxylic acids is 2. The molecule has 2 aliphatic rings. The number of hydrogen-bond acceptors (Lipinski definition) is 4. The second-order valence-electron chi connectivity index (χ2n) is 7.31. The number of carbonyl (C=O) groups is 2. The third-order valence-corrected chi connectivity index (χ3v) is 5.71. The molecule has 2 aromatic rings. The molecular weight excluding hydrogens is 356 g/mol. The molecule has 3 heterocycles. The zero-order chi connectivity index (χ0) is 19.7. The van der Waals surface area contributed by atoms with Gasteiger partial charge < -0.3 is 19.5 Å². The van der Waals surface area contributed by atoms with Gasteiger partial charge in [-0.05, 0) is 19.8 Å². The summed E-state index contributed by atoms with van der Waals surface area (Å²) in [5, 5.41) is 2.71. The average molecular weight is 382 g/mol. The largest absolute Gasteiger partial charge is 0.372 e. The number of ether oxygens (including phenoxy) is 1. The first-order chi connectivity index (χ1) is 13.6. The predicted octanol–water partition coefficient (Wildman–Crippen LogP) is 1.86. The van der Waals surface area contributed by atoms with Crippen molar-refractivity contribution in [2.24, 2.45) is 0 Å². The number of aromatic nitrogens is 2. The lowest BCUT2D eigenvalue weighted by Gasteiger charge is -2.28. The fourth-order valence-corrected chi connectivity index (χ4v) is 4.44. The van der Waals surface area contributed by atoms with Gasteiger partial charge in [-0.1, -0.05) is 30.3 Å². The van der Waals surface area contributed by atoms with E-state index in [1.54, 1.807) is 7.05 Å². The van der Waals surface area contributed by atoms with Gasteiger partial charge in [-0.15, -0.1) is 0 Å². The Morgan fingerprint density at radius 1 is 1.21 bits per heavy atom. The van der Waals surface area contributed by atoms with Gasteiger partial charge in [0.2, 0.25) is 5.91 Å². The van der Waals surface area contributed by atoms with E-state index in [9.17, 15) is 9.59 Å². The van der Waals surface area contributed by atoms with Crippen molar-refractivity contribution in [1.82, 2.24) is 19.8 Å². The molecule has 0 spiro atoms. The van der Waals surface area contributed by atoms with Gasteiger partial charge in [-0.25, -0.2) is 4.98 Å². The summed E-state index contributed by atoms with van der Waals surface area (Å²) in [4.78, 5) is 32.0. The van der Waals surface area contributed by atoms with E-state index < -0.39 is 0 Å². The number of amides is 2. The molecule has 2 aliphatic heterocycles. The van der Waals surface area contributed by atoms with Crippen molar-refractivity contribution < 1.29 is 14.3 Å². The lowest BCUT2D eigenvalue weighted by Crippen LogP contribution is -2.44. The van der Waals surface area contributed by atoms with E-state index in [1.165, 1.54) is 0 Å². The third kappa shape index (κ3) is 3.20. The van der Waals surface area contributed by atoms with E-state index >= 15 is 0 Å². The van der Waals surface area contributed by atoms with E-state index in [-0.39, 0.29) is 30.5 Å². The van der Waals surface area contributed by atoms with Crippen LogP contribution < -0.4 is 5.32 Å². The maximum Gasteiger partial charge on any atom is 0.271 e. The molecule has 0 aliphatic carbocycles. The molecule has 1 fully saturated rings. The van der Waals surface area contributed by atoms with E-state index in [2.05, 4.69) is 9.88 Å². The maximum absolute atomic E-state index is 12.8. The van der Waals surface area contributed by atoms with Crippen LogP contribution in [0.3, 0.4) is 0 Å². The van der Waals surface area contributed by atoms with Gasteiger partial charge in [0.1, 0.15) is 18.1 Å². The summed E-state index contributed by atoms with van der Waals surface area (Å²) in [6.07, 6.45) is 2.54. The number of rotatable bonds is 5. The van der Waals surface area contributed by atoms with E-state index in [0.717, 1.165) is 29.9 Å². The third-order valence-electron chi connectivity index (χ3n) is 5.71. The van der Waals surface area contributed by atoms with Gasteiger partial charge in [0.15, 0.2) is 0 Å². The summed E-state index contributed by atoms with van der Waals surface area (Å²) in [6, 6.07) is 10.1. The maximum atomic E-state index is 12.8. The molecule has 28 heavy (non-hydrogen) atoms. The Morgan fingerprint density at radius 2 is 1.96 bits per heavy atom. The molecule has 7 heteroatoms. The molecule has 7 nitrogen and oxygen atoms in total. The fraction of sp³-hybridized carbons (Fsp3) is 0.476. The van der Waals surface area contributed by atoms with Crippen LogP contribution in [0.25, 0.3) is 11.4 Å². The standard InChI is InChI=1S/C21H26N4O3/c1-3-28-13-18(26)25-15-9-10-16(25)12-24-17(11-15)19(21(27)22-2)23-20(24)14-7-5-4-6-8-14/h4-8,15-16H,3,9-13H2,1-2H3,(H,22,27)/t15-,16+/m0/s1. The minimum atomic E-state index is -0.184. The second kappa shape index (κ2) is 7.75. The van der Waals surface area contributed by atoms with Crippen molar-refractivity contribution in [2.75, 3.05) is 20.3 Å². The lowest BCUT2D eigenvalue weighted by molar-refractivity contribution is -0.138. The monoisotopic (exact) mass is 382 g/mol. The van der Waals surface area contributed by atoms with Gasteiger partial charge in [-0.2, -0.15) is 0 Å². The highest BCUT2D eigenvalue weighted by atomic mass is 16.5. The summed E-state index contributed by atoms with van der Waals surface area (Å²) in [5.74, 6) is 0.644. The van der Waals surface area contributed by atoms with Crippen LogP contribution in [-0.4, -0.2) is 58.6 Å². The zero-order valence-corrected chi connectivity index (χ0v) is 16.4. The molecular formula is C21H26N4O3. The molecule has 1 aromatic heterocycles. The van der Waals surface area contributed by atoms with Crippen molar-refractivity contribution in [3.8, 4) is 11.4 Å². The summed E-state index contributed by atoms with van der Waals surface area (Å²) < 4.78 is 7.51. The number of nitrogens with one attached hydrogen (secondary N) is 1. The molecule has 1 N–H and O–H groups in total. The first-order valence-electron chi connectivity index (χ1n) is 9.89. The van der Waals surface area contributed by atoms with Gasteiger partial charge in [0, 0.05) is 38.2 Å². The first kappa shape index (κ1) is 18.7. The Labute approximate surface area is 164 Å². The highest BCUT2D eigenvalue weighted by Gasteiger charge is 2.42. The SMILES string of the molecule is CCOCC(=O)N1[C@@H]2CC[C@H]1Cc1c(C(=O)NC)nc(-c3ccccc3)n1C2. The Balaban J connectivity index is 1.75. The summed E-state index contributed by atoms with van der Waals surface area (Å²) in [5.41, 5.74) is 2.36. The van der Waals surface area contributed by atoms with E-state index in [0.29, 0.717) is 25.3 Å². The molecule has 2 atom stereocenters. The first-order valence-corrected chi connectivity index (χ1v) is 9.89. The number of nitrogens with zero attached hydrogens (tertiary/aromatic N) is 3. The average Bonchev–Trinajstić information content (AvgIpc) is 3.22. The molecule has 1 saturated heterocycles. The molecule has 0 radical (unpaired) electrons. The minimum absolute atomic E-state index is 0.0378. The lowest BCUT2D eigenvalue weighted by atomic mass is 10.1. The van der Waals surface area contributed by atoms with Crippen molar-refractivity contribution in [3.05, 3.63) is 41.7 Å². The quantitative estimate of drug-likeness (QED) is 0.856. The van der Waals surface area contributed by atoms with Crippen molar-refractivity contribution in [1.29, 1.82) is 0 Å². The van der Waals surface area contributed by atoms with Gasteiger partial charge >= 0.3 is 0 Å². The van der Waals surface area contributed by atoms with Crippen LogP contribution in [0.15, 0.2) is 30.3 Å². The smallest absolute Gasteiger partial charge is 0.271 e. The normalized spacial score (nSPS) is 20.6. The highest BCUT2D eigenvalue weighted by Crippen LogP contribution is 2.35. The van der Waals surface area contributed by atoms with Gasteiger partial charge in [-0.3, -0.25) is 9.59 Å². The van der Waals surface area contributed by atoms with Gasteiger partial charge in [0.05, 0.1) is 11.7 Å². The Bertz CT molecular complexity index is 877.